The molecule has 0 radical (unpaired) electrons. The van der Waals surface area contributed by atoms with E-state index >= 15 is 0 Å². The van der Waals surface area contributed by atoms with Crippen LogP contribution in [0, 0.1) is 12.7 Å². The van der Waals surface area contributed by atoms with Gasteiger partial charge >= 0.3 is 0 Å². The highest BCUT2D eigenvalue weighted by atomic mass is 19.1. The summed E-state index contributed by atoms with van der Waals surface area (Å²) in [6, 6.07) is 22.5. The lowest BCUT2D eigenvalue weighted by atomic mass is 10.0. The molecule has 0 unspecified atom stereocenters. The highest BCUT2D eigenvalue weighted by molar-refractivity contribution is 5.97. The summed E-state index contributed by atoms with van der Waals surface area (Å²) >= 11 is 0. The van der Waals surface area contributed by atoms with Crippen molar-refractivity contribution in [3.8, 4) is 11.1 Å². The van der Waals surface area contributed by atoms with Crippen LogP contribution >= 0.6 is 0 Å². The van der Waals surface area contributed by atoms with E-state index in [1.54, 1.807) is 13.1 Å². The topological polar surface area (TPSA) is 37.2 Å². The zero-order valence-corrected chi connectivity index (χ0v) is 16.6. The first-order valence-corrected chi connectivity index (χ1v) is 9.84. The van der Waals surface area contributed by atoms with Gasteiger partial charge < -0.3 is 15.0 Å². The van der Waals surface area contributed by atoms with Gasteiger partial charge in [0.1, 0.15) is 5.82 Å². The second kappa shape index (κ2) is 8.19. The van der Waals surface area contributed by atoms with Gasteiger partial charge in [0.15, 0.2) is 0 Å². The third kappa shape index (κ3) is 3.69. The van der Waals surface area contributed by atoms with Gasteiger partial charge in [0.25, 0.3) is 0 Å². The number of para-hydroxylation sites is 1. The van der Waals surface area contributed by atoms with Crippen LogP contribution in [-0.4, -0.2) is 29.4 Å². The van der Waals surface area contributed by atoms with Gasteiger partial charge in [-0.2, -0.15) is 0 Å². The minimum atomic E-state index is -0.720. The van der Waals surface area contributed by atoms with E-state index in [-0.39, 0.29) is 5.82 Å². The smallest absolute Gasteiger partial charge is 0.123 e. The molecule has 4 rings (SSSR count). The van der Waals surface area contributed by atoms with Crippen molar-refractivity contribution in [3.63, 3.8) is 0 Å². The van der Waals surface area contributed by atoms with Crippen molar-refractivity contribution >= 4 is 10.9 Å². The molecule has 0 fully saturated rings. The Morgan fingerprint density at radius 2 is 1.72 bits per heavy atom. The number of nitrogens with one attached hydrogen (secondary N) is 1. The maximum absolute atomic E-state index is 14.0. The first-order chi connectivity index (χ1) is 14.1. The predicted octanol–water partition coefficient (Wildman–Crippen LogP) is 4.93. The molecular formula is C25H25FN2O. The Morgan fingerprint density at radius 3 is 2.48 bits per heavy atom. The van der Waals surface area contributed by atoms with Crippen LogP contribution in [0.4, 0.5) is 4.39 Å². The number of benzene rings is 3. The van der Waals surface area contributed by atoms with Crippen LogP contribution in [0.1, 0.15) is 17.2 Å². The summed E-state index contributed by atoms with van der Waals surface area (Å²) in [5.74, 6) is -0.306. The average Bonchev–Trinajstić information content (AvgIpc) is 3.08. The van der Waals surface area contributed by atoms with E-state index in [0.29, 0.717) is 6.54 Å². The Morgan fingerprint density at radius 1 is 0.966 bits per heavy atom. The Hall–Kier alpha value is -2.95. The minimum absolute atomic E-state index is 0.306. The molecule has 0 spiro atoms. The second-order valence-corrected chi connectivity index (χ2v) is 7.41. The third-order valence-electron chi connectivity index (χ3n) is 5.44. The van der Waals surface area contributed by atoms with Crippen LogP contribution in [0.25, 0.3) is 22.0 Å². The number of likely N-dealkylation sites (N-methyl/N-ethyl adjacent to an activating group) is 1. The SMILES string of the molecule is CNC[C@@H](O)[C@H](c1cccc(F)c1)n1cc(-c2ccccc2C)c2ccccc21. The van der Waals surface area contributed by atoms with Gasteiger partial charge in [-0.15, -0.1) is 0 Å². The van der Waals surface area contributed by atoms with Crippen LogP contribution in [-0.2, 0) is 0 Å². The number of nitrogens with zero attached hydrogens (tertiary/aromatic N) is 1. The van der Waals surface area contributed by atoms with E-state index < -0.39 is 12.1 Å². The Bertz CT molecular complexity index is 1130. The van der Waals surface area contributed by atoms with Crippen LogP contribution in [0.15, 0.2) is 79.0 Å². The maximum atomic E-state index is 14.0. The van der Waals surface area contributed by atoms with Crippen molar-refractivity contribution in [1.82, 2.24) is 9.88 Å². The summed E-state index contributed by atoms with van der Waals surface area (Å²) in [5, 5.41) is 15.1. The van der Waals surface area contributed by atoms with E-state index in [4.69, 9.17) is 0 Å². The Balaban J connectivity index is 1.96. The van der Waals surface area contributed by atoms with E-state index in [1.165, 1.54) is 17.7 Å². The first-order valence-electron chi connectivity index (χ1n) is 9.84. The highest BCUT2D eigenvalue weighted by Crippen LogP contribution is 2.36. The van der Waals surface area contributed by atoms with Gasteiger partial charge in [0.05, 0.1) is 12.1 Å². The van der Waals surface area contributed by atoms with Gasteiger partial charge in [-0.05, 0) is 48.9 Å². The molecule has 4 heteroatoms. The maximum Gasteiger partial charge on any atom is 0.123 e. The van der Waals surface area contributed by atoms with Crippen LogP contribution < -0.4 is 5.32 Å². The Labute approximate surface area is 170 Å². The molecule has 148 valence electrons. The van der Waals surface area contributed by atoms with Crippen molar-refractivity contribution in [1.29, 1.82) is 0 Å². The van der Waals surface area contributed by atoms with Crippen molar-refractivity contribution in [2.24, 2.45) is 0 Å². The lowest BCUT2D eigenvalue weighted by molar-refractivity contribution is 0.132. The summed E-state index contributed by atoms with van der Waals surface area (Å²) in [6.45, 7) is 2.49. The Kier molecular flexibility index (Phi) is 5.47. The first kappa shape index (κ1) is 19.4. The molecular weight excluding hydrogens is 363 g/mol. The lowest BCUT2D eigenvalue weighted by Gasteiger charge is -2.26. The zero-order chi connectivity index (χ0) is 20.4. The van der Waals surface area contributed by atoms with Crippen LogP contribution in [0.5, 0.6) is 0 Å². The number of aliphatic hydroxyl groups excluding tert-OH is 1. The van der Waals surface area contributed by atoms with Crippen molar-refractivity contribution in [2.75, 3.05) is 13.6 Å². The largest absolute Gasteiger partial charge is 0.389 e. The monoisotopic (exact) mass is 388 g/mol. The number of halogens is 1. The molecule has 0 aliphatic carbocycles. The number of aliphatic hydroxyl groups is 1. The molecule has 0 saturated heterocycles. The molecule has 1 aromatic heterocycles. The quantitative estimate of drug-likeness (QED) is 0.492. The molecule has 2 N–H and O–H groups in total. The lowest BCUT2D eigenvalue weighted by Crippen LogP contribution is -2.33. The van der Waals surface area contributed by atoms with Crippen molar-refractivity contribution in [3.05, 3.63) is 95.9 Å². The molecule has 3 nitrogen and oxygen atoms in total. The molecule has 0 saturated carbocycles. The fourth-order valence-electron chi connectivity index (χ4n) is 4.10. The molecule has 0 amide bonds. The molecule has 29 heavy (non-hydrogen) atoms. The number of aromatic nitrogens is 1. The summed E-state index contributed by atoms with van der Waals surface area (Å²) in [4.78, 5) is 0. The minimum Gasteiger partial charge on any atom is -0.389 e. The van der Waals surface area contributed by atoms with E-state index in [2.05, 4.69) is 47.3 Å². The number of hydrogen-bond acceptors (Lipinski definition) is 2. The second-order valence-electron chi connectivity index (χ2n) is 7.41. The zero-order valence-electron chi connectivity index (χ0n) is 16.6. The number of fused-ring (bicyclic) bond motifs is 1. The fraction of sp³-hybridized carbons (Fsp3) is 0.200. The molecule has 1 heterocycles. The molecule has 3 aromatic carbocycles. The average molecular weight is 388 g/mol. The summed E-state index contributed by atoms with van der Waals surface area (Å²) in [5.41, 5.74) is 5.20. The van der Waals surface area contributed by atoms with Crippen molar-refractivity contribution < 1.29 is 9.50 Å². The summed E-state index contributed by atoms with van der Waals surface area (Å²) < 4.78 is 16.1. The van der Waals surface area contributed by atoms with Gasteiger partial charge in [0, 0.05) is 29.2 Å². The van der Waals surface area contributed by atoms with Gasteiger partial charge in [-0.25, -0.2) is 4.39 Å². The fourth-order valence-corrected chi connectivity index (χ4v) is 4.10. The number of rotatable bonds is 6. The van der Waals surface area contributed by atoms with Crippen LogP contribution in [0.2, 0.25) is 0 Å². The molecule has 0 aliphatic rings. The summed E-state index contributed by atoms with van der Waals surface area (Å²) in [7, 11) is 1.80. The predicted molar refractivity (Wildman–Crippen MR) is 117 cm³/mol. The van der Waals surface area contributed by atoms with Crippen LogP contribution in [0.3, 0.4) is 0 Å². The molecule has 2 atom stereocenters. The van der Waals surface area contributed by atoms with E-state index in [1.807, 2.05) is 30.3 Å². The van der Waals surface area contributed by atoms with Gasteiger partial charge in [-0.1, -0.05) is 54.6 Å². The highest BCUT2D eigenvalue weighted by Gasteiger charge is 2.26. The molecule has 0 aliphatic heterocycles. The number of hydrogen-bond donors (Lipinski definition) is 2. The molecule has 4 aromatic rings. The van der Waals surface area contributed by atoms with Crippen molar-refractivity contribution in [2.45, 2.75) is 19.1 Å². The van der Waals surface area contributed by atoms with E-state index in [9.17, 15) is 9.50 Å². The van der Waals surface area contributed by atoms with Gasteiger partial charge in [0.2, 0.25) is 0 Å². The third-order valence-corrected chi connectivity index (χ3v) is 5.44. The number of aryl methyl sites for hydroxylation is 1. The van der Waals surface area contributed by atoms with Gasteiger partial charge in [-0.3, -0.25) is 0 Å². The molecule has 0 bridgehead atoms. The normalized spacial score (nSPS) is 13.5. The van der Waals surface area contributed by atoms with E-state index in [0.717, 1.165) is 27.6 Å². The summed E-state index contributed by atoms with van der Waals surface area (Å²) in [6.07, 6.45) is 1.36. The standard InChI is InChI=1S/C25H25FN2O/c1-17-8-3-4-11-20(17)22-16-28(23-13-6-5-12-21(22)23)25(24(29)15-27-2)18-9-7-10-19(26)14-18/h3-14,16,24-25,27,29H,15H2,1-2H3/t24-,25+/m1/s1.